The van der Waals surface area contributed by atoms with E-state index in [-0.39, 0.29) is 11.5 Å². The summed E-state index contributed by atoms with van der Waals surface area (Å²) in [6.45, 7) is 4.56. The molecule has 0 bridgehead atoms. The first-order chi connectivity index (χ1) is 17.1. The lowest BCUT2D eigenvalue weighted by Gasteiger charge is -2.29. The van der Waals surface area contributed by atoms with E-state index in [1.54, 1.807) is 30.5 Å². The van der Waals surface area contributed by atoms with Crippen LogP contribution in [0.1, 0.15) is 59.7 Å². The minimum Gasteiger partial charge on any atom is -0.493 e. The molecule has 184 valence electrons. The first-order valence-corrected chi connectivity index (χ1v) is 12.2. The predicted octanol–water partition coefficient (Wildman–Crippen LogP) is 6.15. The molecule has 7 nitrogen and oxygen atoms in total. The number of hydrogen-bond donors (Lipinski definition) is 1. The fourth-order valence-electron chi connectivity index (χ4n) is 4.22. The van der Waals surface area contributed by atoms with Gasteiger partial charge in [0.25, 0.3) is 5.91 Å². The maximum absolute atomic E-state index is 13.6. The molecule has 1 fully saturated rings. The summed E-state index contributed by atoms with van der Waals surface area (Å²) in [6.07, 6.45) is 6.97. The topological polar surface area (TPSA) is 81.0 Å². The summed E-state index contributed by atoms with van der Waals surface area (Å²) in [6, 6.07) is 14.5. The number of methoxy groups -OCH3 is 1. The third-order valence-electron chi connectivity index (χ3n) is 6.16. The molecule has 0 spiro atoms. The van der Waals surface area contributed by atoms with Crippen molar-refractivity contribution in [1.29, 1.82) is 0 Å². The van der Waals surface area contributed by atoms with Crippen molar-refractivity contribution in [3.63, 3.8) is 0 Å². The zero-order valence-electron chi connectivity index (χ0n) is 20.3. The van der Waals surface area contributed by atoms with E-state index >= 15 is 0 Å². The van der Waals surface area contributed by atoms with Crippen LogP contribution in [0.3, 0.4) is 0 Å². The summed E-state index contributed by atoms with van der Waals surface area (Å²) in [7, 11) is 1.32. The van der Waals surface area contributed by atoms with Crippen LogP contribution in [0.25, 0.3) is 11.3 Å². The van der Waals surface area contributed by atoms with Crippen molar-refractivity contribution in [1.82, 2.24) is 0 Å². The van der Waals surface area contributed by atoms with Crippen LogP contribution in [0.5, 0.6) is 5.75 Å². The summed E-state index contributed by atoms with van der Waals surface area (Å²) in [5, 5.41) is 2.93. The third kappa shape index (κ3) is 5.85. The SMILES string of the molecule is CCCCOc1ccc(N2CCCCC2)cc1C(=O)Nc1cc(-c2ccco2)ccc1C(=O)OC. The number of furan rings is 1. The molecule has 1 N–H and O–H groups in total. The molecule has 1 saturated heterocycles. The van der Waals surface area contributed by atoms with Gasteiger partial charge in [-0.25, -0.2) is 4.79 Å². The third-order valence-corrected chi connectivity index (χ3v) is 6.16. The molecule has 1 amide bonds. The zero-order chi connectivity index (χ0) is 24.6. The van der Waals surface area contributed by atoms with Gasteiger partial charge in [0.2, 0.25) is 0 Å². The Morgan fingerprint density at radius 2 is 1.86 bits per heavy atom. The highest BCUT2D eigenvalue weighted by molar-refractivity contribution is 6.10. The standard InChI is InChI=1S/C28H32N2O5/c1-3-4-16-35-26-13-11-21(30-14-6-5-7-15-30)19-23(26)27(31)29-24-18-20(25-9-8-17-34-25)10-12-22(24)28(32)33-2/h8-13,17-19H,3-7,14-16H2,1-2H3,(H,29,31). The van der Waals surface area contributed by atoms with Gasteiger partial charge in [-0.2, -0.15) is 0 Å². The number of carbonyl (C=O) groups excluding carboxylic acids is 2. The van der Waals surface area contributed by atoms with Gasteiger partial charge in [0.05, 0.1) is 36.8 Å². The fourth-order valence-corrected chi connectivity index (χ4v) is 4.22. The van der Waals surface area contributed by atoms with E-state index in [0.717, 1.165) is 50.0 Å². The molecule has 7 heteroatoms. The summed E-state index contributed by atoms with van der Waals surface area (Å²) < 4.78 is 16.4. The van der Waals surface area contributed by atoms with Crippen molar-refractivity contribution in [2.45, 2.75) is 39.0 Å². The summed E-state index contributed by atoms with van der Waals surface area (Å²) in [5.41, 5.74) is 2.77. The first kappa shape index (κ1) is 24.4. The van der Waals surface area contributed by atoms with Crippen molar-refractivity contribution >= 4 is 23.3 Å². The fraction of sp³-hybridized carbons (Fsp3) is 0.357. The van der Waals surface area contributed by atoms with Crippen molar-refractivity contribution in [3.05, 3.63) is 65.9 Å². The van der Waals surface area contributed by atoms with E-state index in [4.69, 9.17) is 13.9 Å². The number of nitrogens with zero attached hydrogens (tertiary/aromatic N) is 1. The number of amides is 1. The molecule has 0 radical (unpaired) electrons. The van der Waals surface area contributed by atoms with Gasteiger partial charge in [-0.05, 0) is 68.1 Å². The minimum absolute atomic E-state index is 0.261. The molecule has 0 aliphatic carbocycles. The highest BCUT2D eigenvalue weighted by Crippen LogP contribution is 2.31. The zero-order valence-corrected chi connectivity index (χ0v) is 20.3. The van der Waals surface area contributed by atoms with Crippen LogP contribution in [-0.4, -0.2) is 38.7 Å². The molecule has 1 aliphatic rings. The Labute approximate surface area is 206 Å². The molecule has 2 heterocycles. The van der Waals surface area contributed by atoms with Crippen molar-refractivity contribution in [2.24, 2.45) is 0 Å². The van der Waals surface area contributed by atoms with Gasteiger partial charge in [0.15, 0.2) is 0 Å². The van der Waals surface area contributed by atoms with Crippen molar-refractivity contribution in [3.8, 4) is 17.1 Å². The van der Waals surface area contributed by atoms with Crippen LogP contribution in [0.15, 0.2) is 59.2 Å². The lowest BCUT2D eigenvalue weighted by Crippen LogP contribution is -2.29. The second-order valence-corrected chi connectivity index (χ2v) is 8.61. The van der Waals surface area contributed by atoms with Gasteiger partial charge in [-0.3, -0.25) is 4.79 Å². The predicted molar refractivity (Wildman–Crippen MR) is 136 cm³/mol. The molecular weight excluding hydrogens is 444 g/mol. The molecule has 0 saturated carbocycles. The highest BCUT2D eigenvalue weighted by atomic mass is 16.5. The van der Waals surface area contributed by atoms with Crippen LogP contribution in [0, 0.1) is 0 Å². The van der Waals surface area contributed by atoms with Gasteiger partial charge >= 0.3 is 5.97 Å². The Hall–Kier alpha value is -3.74. The largest absolute Gasteiger partial charge is 0.493 e. The Morgan fingerprint density at radius 3 is 2.57 bits per heavy atom. The number of unbranched alkanes of at least 4 members (excludes halogenated alkanes) is 1. The molecule has 1 aromatic heterocycles. The van der Waals surface area contributed by atoms with Crippen molar-refractivity contribution in [2.75, 3.05) is 37.0 Å². The second kappa shape index (κ2) is 11.6. The molecule has 3 aromatic rings. The smallest absolute Gasteiger partial charge is 0.339 e. The van der Waals surface area contributed by atoms with Gasteiger partial charge < -0.3 is 24.1 Å². The molecule has 2 aromatic carbocycles. The Kier molecular flexibility index (Phi) is 8.08. The van der Waals surface area contributed by atoms with E-state index < -0.39 is 5.97 Å². The lowest BCUT2D eigenvalue weighted by molar-refractivity contribution is 0.0602. The number of benzene rings is 2. The number of esters is 1. The summed E-state index contributed by atoms with van der Waals surface area (Å²) in [5.74, 6) is 0.274. The van der Waals surface area contributed by atoms with Crippen LogP contribution < -0.4 is 15.0 Å². The number of anilines is 2. The Morgan fingerprint density at radius 1 is 1.03 bits per heavy atom. The van der Waals surface area contributed by atoms with E-state index in [0.29, 0.717) is 29.4 Å². The van der Waals surface area contributed by atoms with Gasteiger partial charge in [0, 0.05) is 24.3 Å². The normalized spacial score (nSPS) is 13.4. The number of hydrogen-bond acceptors (Lipinski definition) is 6. The number of carbonyl (C=O) groups is 2. The highest BCUT2D eigenvalue weighted by Gasteiger charge is 2.21. The van der Waals surface area contributed by atoms with E-state index in [9.17, 15) is 9.59 Å². The lowest BCUT2D eigenvalue weighted by atomic mass is 10.1. The van der Waals surface area contributed by atoms with Gasteiger partial charge in [-0.1, -0.05) is 19.4 Å². The Bertz CT molecular complexity index is 1150. The van der Waals surface area contributed by atoms with Crippen LogP contribution in [-0.2, 0) is 4.74 Å². The first-order valence-electron chi connectivity index (χ1n) is 12.2. The average molecular weight is 477 g/mol. The number of nitrogens with one attached hydrogen (secondary N) is 1. The molecule has 1 aliphatic heterocycles. The van der Waals surface area contributed by atoms with Crippen LogP contribution in [0.4, 0.5) is 11.4 Å². The molecule has 35 heavy (non-hydrogen) atoms. The minimum atomic E-state index is -0.534. The number of ether oxygens (including phenoxy) is 2. The number of rotatable bonds is 9. The second-order valence-electron chi connectivity index (χ2n) is 8.61. The number of piperidine rings is 1. The average Bonchev–Trinajstić information content (AvgIpc) is 3.44. The summed E-state index contributed by atoms with van der Waals surface area (Å²) in [4.78, 5) is 28.3. The molecular formula is C28H32N2O5. The van der Waals surface area contributed by atoms with Gasteiger partial charge in [-0.15, -0.1) is 0 Å². The quantitative estimate of drug-likeness (QED) is 0.294. The van der Waals surface area contributed by atoms with Crippen LogP contribution >= 0.6 is 0 Å². The molecule has 0 unspecified atom stereocenters. The maximum Gasteiger partial charge on any atom is 0.339 e. The Balaban J connectivity index is 1.67. The monoisotopic (exact) mass is 476 g/mol. The molecule has 0 atom stereocenters. The van der Waals surface area contributed by atoms with Crippen molar-refractivity contribution < 1.29 is 23.5 Å². The maximum atomic E-state index is 13.6. The summed E-state index contributed by atoms with van der Waals surface area (Å²) >= 11 is 0. The van der Waals surface area contributed by atoms with E-state index in [1.165, 1.54) is 13.5 Å². The van der Waals surface area contributed by atoms with Gasteiger partial charge in [0.1, 0.15) is 11.5 Å². The van der Waals surface area contributed by atoms with E-state index in [2.05, 4.69) is 17.1 Å². The van der Waals surface area contributed by atoms with Crippen LogP contribution in [0.2, 0.25) is 0 Å². The molecule has 4 rings (SSSR count). The van der Waals surface area contributed by atoms with E-state index in [1.807, 2.05) is 24.3 Å².